The van der Waals surface area contributed by atoms with Crippen molar-refractivity contribution in [2.24, 2.45) is 5.41 Å². The van der Waals surface area contributed by atoms with Crippen molar-refractivity contribution in [2.75, 3.05) is 6.61 Å². The van der Waals surface area contributed by atoms with Crippen molar-refractivity contribution in [1.82, 2.24) is 0 Å². The molecule has 0 aromatic heterocycles. The Morgan fingerprint density at radius 1 is 1.07 bits per heavy atom. The molecule has 3 nitrogen and oxygen atoms in total. The first-order chi connectivity index (χ1) is 6.88. The molecule has 2 N–H and O–H groups in total. The van der Waals surface area contributed by atoms with Gasteiger partial charge >= 0.3 is 5.97 Å². The lowest BCUT2D eigenvalue weighted by Gasteiger charge is -2.29. The summed E-state index contributed by atoms with van der Waals surface area (Å²) < 4.78 is 0. The second-order valence-electron chi connectivity index (χ2n) is 4.93. The number of hydrogen-bond acceptors (Lipinski definition) is 2. The molecule has 0 spiro atoms. The molecule has 0 aliphatic carbocycles. The van der Waals surface area contributed by atoms with Crippen molar-refractivity contribution in [2.45, 2.75) is 52.9 Å². The van der Waals surface area contributed by atoms with Gasteiger partial charge in [-0.05, 0) is 30.6 Å². The lowest BCUT2D eigenvalue weighted by molar-refractivity contribution is -0.137. The Morgan fingerprint density at radius 3 is 2.00 bits per heavy atom. The van der Waals surface area contributed by atoms with Gasteiger partial charge in [-0.2, -0.15) is 0 Å². The van der Waals surface area contributed by atoms with Gasteiger partial charge in [-0.15, -0.1) is 0 Å². The number of carbonyl (C=O) groups is 1. The van der Waals surface area contributed by atoms with E-state index >= 15 is 0 Å². The molecule has 0 saturated heterocycles. The van der Waals surface area contributed by atoms with Crippen molar-refractivity contribution in [3.05, 3.63) is 5.92 Å². The molecule has 0 saturated carbocycles. The fourth-order valence-corrected chi connectivity index (χ4v) is 1.62. The van der Waals surface area contributed by atoms with Gasteiger partial charge in [0.25, 0.3) is 0 Å². The van der Waals surface area contributed by atoms with Crippen LogP contribution in [0.2, 0.25) is 0 Å². The third kappa shape index (κ3) is 7.37. The van der Waals surface area contributed by atoms with E-state index in [1.54, 1.807) is 0 Å². The summed E-state index contributed by atoms with van der Waals surface area (Å²) >= 11 is 0. The minimum absolute atomic E-state index is 0.117. The Balaban J connectivity index is 3.82. The van der Waals surface area contributed by atoms with E-state index in [1.807, 2.05) is 0 Å². The van der Waals surface area contributed by atoms with Crippen LogP contribution < -0.4 is 0 Å². The standard InChI is InChI=1S/C12H23O3/c1-12(2,3)10(8-9-13)6-4-5-7-11(14)15/h13H,4-9H2,1-3H3,(H,14,15). The smallest absolute Gasteiger partial charge is 0.303 e. The van der Waals surface area contributed by atoms with E-state index in [0.717, 1.165) is 25.7 Å². The number of aliphatic carboxylic acids is 1. The second-order valence-corrected chi connectivity index (χ2v) is 4.93. The van der Waals surface area contributed by atoms with Crippen LogP contribution in [0.15, 0.2) is 0 Å². The zero-order chi connectivity index (χ0) is 11.9. The summed E-state index contributed by atoms with van der Waals surface area (Å²) in [6.07, 6.45) is 3.53. The Bertz CT molecular complexity index is 182. The number of aliphatic hydroxyl groups is 1. The maximum Gasteiger partial charge on any atom is 0.303 e. The number of hydrogen-bond donors (Lipinski definition) is 2. The predicted molar refractivity (Wildman–Crippen MR) is 60.5 cm³/mol. The molecule has 89 valence electrons. The summed E-state index contributed by atoms with van der Waals surface area (Å²) in [6, 6.07) is 0. The number of carboxylic acid groups (broad SMARTS) is 1. The van der Waals surface area contributed by atoms with Gasteiger partial charge in [0.2, 0.25) is 0 Å². The van der Waals surface area contributed by atoms with Gasteiger partial charge in [0, 0.05) is 13.0 Å². The highest BCUT2D eigenvalue weighted by Gasteiger charge is 2.23. The first-order valence-electron chi connectivity index (χ1n) is 5.55. The van der Waals surface area contributed by atoms with Crippen molar-refractivity contribution < 1.29 is 15.0 Å². The molecule has 3 heteroatoms. The Labute approximate surface area is 92.5 Å². The summed E-state index contributed by atoms with van der Waals surface area (Å²) in [5.74, 6) is 0.602. The molecule has 0 aromatic carbocycles. The third-order valence-electron chi connectivity index (χ3n) is 2.59. The molecule has 0 bridgehead atoms. The molecular formula is C12H23O3. The van der Waals surface area contributed by atoms with Gasteiger partial charge in [-0.25, -0.2) is 0 Å². The quantitative estimate of drug-likeness (QED) is 0.642. The van der Waals surface area contributed by atoms with Crippen LogP contribution in [0.4, 0.5) is 0 Å². The van der Waals surface area contributed by atoms with Crippen molar-refractivity contribution in [3.63, 3.8) is 0 Å². The predicted octanol–water partition coefficient (Wildman–Crippen LogP) is 2.63. The first kappa shape index (κ1) is 14.4. The molecule has 0 aliphatic heterocycles. The molecule has 0 heterocycles. The van der Waals surface area contributed by atoms with Crippen LogP contribution in [0, 0.1) is 11.3 Å². The van der Waals surface area contributed by atoms with Crippen LogP contribution in [0.1, 0.15) is 52.9 Å². The Morgan fingerprint density at radius 2 is 1.60 bits per heavy atom. The van der Waals surface area contributed by atoms with Crippen molar-refractivity contribution in [1.29, 1.82) is 0 Å². The summed E-state index contributed by atoms with van der Waals surface area (Å²) in [7, 11) is 0. The Kier molecular flexibility index (Phi) is 6.57. The number of aliphatic hydroxyl groups excluding tert-OH is 1. The third-order valence-corrected chi connectivity index (χ3v) is 2.59. The SMILES string of the molecule is CC(C)(C)[C](CCO)CCCCC(=O)O. The van der Waals surface area contributed by atoms with Crippen LogP contribution in [0.5, 0.6) is 0 Å². The van der Waals surface area contributed by atoms with Crippen LogP contribution in [-0.2, 0) is 4.79 Å². The minimum Gasteiger partial charge on any atom is -0.481 e. The topological polar surface area (TPSA) is 57.5 Å². The van der Waals surface area contributed by atoms with E-state index in [-0.39, 0.29) is 18.4 Å². The first-order valence-corrected chi connectivity index (χ1v) is 5.55. The van der Waals surface area contributed by atoms with Gasteiger partial charge in [0.1, 0.15) is 0 Å². The van der Waals surface area contributed by atoms with Gasteiger partial charge in [-0.3, -0.25) is 4.79 Å². The van der Waals surface area contributed by atoms with Crippen molar-refractivity contribution in [3.8, 4) is 0 Å². The maximum atomic E-state index is 10.3. The fraction of sp³-hybridized carbons (Fsp3) is 0.833. The van der Waals surface area contributed by atoms with Gasteiger partial charge < -0.3 is 10.2 Å². The minimum atomic E-state index is -0.727. The number of carboxylic acids is 1. The molecule has 0 unspecified atom stereocenters. The lowest BCUT2D eigenvalue weighted by Crippen LogP contribution is -2.19. The van der Waals surface area contributed by atoms with E-state index in [4.69, 9.17) is 10.2 Å². The zero-order valence-corrected chi connectivity index (χ0v) is 10.0. The van der Waals surface area contributed by atoms with Crippen LogP contribution in [-0.4, -0.2) is 22.8 Å². The monoisotopic (exact) mass is 215 g/mol. The summed E-state index contributed by atoms with van der Waals surface area (Å²) in [6.45, 7) is 6.59. The molecule has 15 heavy (non-hydrogen) atoms. The van der Waals surface area contributed by atoms with E-state index in [1.165, 1.54) is 5.92 Å². The summed E-state index contributed by atoms with van der Waals surface area (Å²) in [5, 5.41) is 17.4. The van der Waals surface area contributed by atoms with E-state index in [9.17, 15) is 4.79 Å². The van der Waals surface area contributed by atoms with Crippen LogP contribution in [0.25, 0.3) is 0 Å². The van der Waals surface area contributed by atoms with Crippen LogP contribution in [0.3, 0.4) is 0 Å². The van der Waals surface area contributed by atoms with E-state index in [0.29, 0.717) is 0 Å². The maximum absolute atomic E-state index is 10.3. The highest BCUT2D eigenvalue weighted by atomic mass is 16.4. The van der Waals surface area contributed by atoms with Crippen LogP contribution >= 0.6 is 0 Å². The van der Waals surface area contributed by atoms with E-state index < -0.39 is 5.97 Å². The molecule has 0 fully saturated rings. The molecule has 0 aromatic rings. The second kappa shape index (κ2) is 6.83. The lowest BCUT2D eigenvalue weighted by atomic mass is 9.76. The Hall–Kier alpha value is -0.570. The average Bonchev–Trinajstić information content (AvgIpc) is 2.08. The largest absolute Gasteiger partial charge is 0.481 e. The molecule has 0 aliphatic rings. The average molecular weight is 215 g/mol. The molecule has 1 radical (unpaired) electrons. The molecule has 0 atom stereocenters. The fourth-order valence-electron chi connectivity index (χ4n) is 1.62. The summed E-state index contributed by atoms with van der Waals surface area (Å²) in [5.41, 5.74) is 0.117. The van der Waals surface area contributed by atoms with Crippen molar-refractivity contribution >= 4 is 5.97 Å². The normalized spacial score (nSPS) is 12.1. The number of unbranched alkanes of at least 4 members (excludes halogenated alkanes) is 1. The van der Waals surface area contributed by atoms with E-state index in [2.05, 4.69) is 20.8 Å². The molecule has 0 rings (SSSR count). The molecular weight excluding hydrogens is 192 g/mol. The molecule has 0 amide bonds. The highest BCUT2D eigenvalue weighted by Crippen LogP contribution is 2.34. The van der Waals surface area contributed by atoms with Gasteiger partial charge in [0.15, 0.2) is 0 Å². The zero-order valence-electron chi connectivity index (χ0n) is 10.0. The number of rotatable bonds is 7. The highest BCUT2D eigenvalue weighted by molar-refractivity contribution is 5.66. The summed E-state index contributed by atoms with van der Waals surface area (Å²) in [4.78, 5) is 10.3. The van der Waals surface area contributed by atoms with Gasteiger partial charge in [-0.1, -0.05) is 27.2 Å². The van der Waals surface area contributed by atoms with Gasteiger partial charge in [0.05, 0.1) is 0 Å².